The molecule has 2 aromatic carbocycles. The second-order valence-electron chi connectivity index (χ2n) is 8.96. The highest BCUT2D eigenvalue weighted by molar-refractivity contribution is 5.94. The molecular formula is C26H31F3N2O3. The average Bonchev–Trinajstić information content (AvgIpc) is 2.83. The van der Waals surface area contributed by atoms with Crippen molar-refractivity contribution in [1.29, 1.82) is 0 Å². The molecule has 34 heavy (non-hydrogen) atoms. The van der Waals surface area contributed by atoms with Crippen molar-refractivity contribution in [2.45, 2.75) is 63.1 Å². The summed E-state index contributed by atoms with van der Waals surface area (Å²) in [7, 11) is 0. The topological polar surface area (TPSA) is 72.6 Å². The van der Waals surface area contributed by atoms with Crippen LogP contribution >= 0.6 is 0 Å². The molecular weight excluding hydrogens is 445 g/mol. The summed E-state index contributed by atoms with van der Waals surface area (Å²) in [6, 6.07) is 15.5. The molecule has 0 unspecified atom stereocenters. The number of amides is 2. The molecule has 2 aromatic rings. The molecule has 1 fully saturated rings. The van der Waals surface area contributed by atoms with E-state index in [1.807, 2.05) is 37.3 Å². The van der Waals surface area contributed by atoms with Crippen LogP contribution in [-0.4, -0.2) is 42.3 Å². The van der Waals surface area contributed by atoms with Gasteiger partial charge in [-0.3, -0.25) is 4.79 Å². The number of hydrogen-bond acceptors (Lipinski definition) is 3. The fourth-order valence-corrected chi connectivity index (χ4v) is 4.82. The first-order valence-electron chi connectivity index (χ1n) is 11.5. The number of carbonyl (C=O) groups excluding carboxylic acids is 2. The van der Waals surface area contributed by atoms with Gasteiger partial charge in [0, 0.05) is 23.6 Å². The van der Waals surface area contributed by atoms with Crippen LogP contribution in [0.1, 0.15) is 66.9 Å². The zero-order valence-corrected chi connectivity index (χ0v) is 19.5. The first kappa shape index (κ1) is 25.6. The third-order valence-corrected chi connectivity index (χ3v) is 6.98. The number of benzene rings is 2. The Hall–Kier alpha value is -3.03. The highest BCUT2D eigenvalue weighted by Crippen LogP contribution is 2.41. The van der Waals surface area contributed by atoms with Crippen molar-refractivity contribution in [1.82, 2.24) is 4.90 Å². The summed E-state index contributed by atoms with van der Waals surface area (Å²) in [4.78, 5) is 26.3. The van der Waals surface area contributed by atoms with E-state index in [9.17, 15) is 22.8 Å². The number of rotatable bonds is 7. The van der Waals surface area contributed by atoms with Crippen molar-refractivity contribution < 1.29 is 27.5 Å². The fourth-order valence-electron chi connectivity index (χ4n) is 4.82. The predicted molar refractivity (Wildman–Crippen MR) is 124 cm³/mol. The standard InChI is InChI=1S/C26H31F3N2O3/c1-3-31(23(32)20-11-9-19(10-12-20)18(2)26(27,28)29)22-13-15-25(16-14-22,17-34-24(30)33)21-7-5-4-6-8-21/h4-12,18,22H,3,13-17H2,1-2H3,(H2,30,33)/t18-,22-,25-/m1/s1. The molecule has 2 amide bonds. The highest BCUT2D eigenvalue weighted by atomic mass is 19.4. The molecule has 184 valence electrons. The van der Waals surface area contributed by atoms with Crippen molar-refractivity contribution in [2.24, 2.45) is 5.73 Å². The van der Waals surface area contributed by atoms with Crippen LogP contribution in [0.15, 0.2) is 54.6 Å². The normalized spacial score (nSPS) is 21.5. The molecule has 1 atom stereocenters. The number of halogens is 3. The molecule has 5 nitrogen and oxygen atoms in total. The van der Waals surface area contributed by atoms with Crippen molar-refractivity contribution in [3.8, 4) is 0 Å². The lowest BCUT2D eigenvalue weighted by molar-refractivity contribution is -0.146. The molecule has 8 heteroatoms. The number of alkyl halides is 3. The Labute approximate surface area is 198 Å². The van der Waals surface area contributed by atoms with Gasteiger partial charge in [0.1, 0.15) is 6.61 Å². The van der Waals surface area contributed by atoms with Crippen molar-refractivity contribution in [3.63, 3.8) is 0 Å². The van der Waals surface area contributed by atoms with Gasteiger partial charge in [-0.25, -0.2) is 4.79 Å². The summed E-state index contributed by atoms with van der Waals surface area (Å²) < 4.78 is 44.2. The minimum atomic E-state index is -4.33. The largest absolute Gasteiger partial charge is 0.449 e. The van der Waals surface area contributed by atoms with Crippen LogP contribution < -0.4 is 5.73 Å². The Morgan fingerprint density at radius 2 is 1.68 bits per heavy atom. The van der Waals surface area contributed by atoms with Gasteiger partial charge >= 0.3 is 12.3 Å². The number of primary amides is 1. The Bertz CT molecular complexity index is 969. The smallest absolute Gasteiger partial charge is 0.404 e. The number of ether oxygens (including phenoxy) is 1. The van der Waals surface area contributed by atoms with Gasteiger partial charge in [-0.05, 0) is 62.8 Å². The van der Waals surface area contributed by atoms with Gasteiger partial charge in [0.25, 0.3) is 5.91 Å². The van der Waals surface area contributed by atoms with Gasteiger partial charge in [0.2, 0.25) is 0 Å². The minimum absolute atomic E-state index is 0.0170. The van der Waals surface area contributed by atoms with Gasteiger partial charge in [0.15, 0.2) is 0 Å². The van der Waals surface area contributed by atoms with Crippen molar-refractivity contribution in [2.75, 3.05) is 13.2 Å². The summed E-state index contributed by atoms with van der Waals surface area (Å²) in [5, 5.41) is 0. The second kappa shape index (κ2) is 10.5. The molecule has 0 heterocycles. The van der Waals surface area contributed by atoms with E-state index >= 15 is 0 Å². The lowest BCUT2D eigenvalue weighted by Gasteiger charge is -2.43. The lowest BCUT2D eigenvalue weighted by atomic mass is 9.68. The number of hydrogen-bond donors (Lipinski definition) is 1. The summed E-state index contributed by atoms with van der Waals surface area (Å²) in [6.45, 7) is 3.67. The summed E-state index contributed by atoms with van der Waals surface area (Å²) in [5.74, 6) is -1.79. The summed E-state index contributed by atoms with van der Waals surface area (Å²) >= 11 is 0. The van der Waals surface area contributed by atoms with Crippen LogP contribution in [0.5, 0.6) is 0 Å². The molecule has 2 N–H and O–H groups in total. The van der Waals surface area contributed by atoms with Gasteiger partial charge in [-0.2, -0.15) is 13.2 Å². The molecule has 0 aromatic heterocycles. The van der Waals surface area contributed by atoms with Crippen LogP contribution in [0.3, 0.4) is 0 Å². The fraction of sp³-hybridized carbons (Fsp3) is 0.462. The highest BCUT2D eigenvalue weighted by Gasteiger charge is 2.40. The maximum atomic E-state index is 13.2. The van der Waals surface area contributed by atoms with E-state index in [1.54, 1.807) is 4.90 Å². The molecule has 0 bridgehead atoms. The van der Waals surface area contributed by atoms with E-state index in [-0.39, 0.29) is 29.5 Å². The van der Waals surface area contributed by atoms with E-state index in [0.717, 1.165) is 12.5 Å². The molecule has 3 rings (SSSR count). The summed E-state index contributed by atoms with van der Waals surface area (Å²) in [6.07, 6.45) is -2.31. The maximum absolute atomic E-state index is 13.2. The lowest BCUT2D eigenvalue weighted by Crippen LogP contribution is -2.47. The van der Waals surface area contributed by atoms with Gasteiger partial charge in [-0.15, -0.1) is 0 Å². The molecule has 0 saturated heterocycles. The first-order valence-corrected chi connectivity index (χ1v) is 11.5. The summed E-state index contributed by atoms with van der Waals surface area (Å²) in [5.41, 5.74) is 6.43. The second-order valence-corrected chi connectivity index (χ2v) is 8.96. The third kappa shape index (κ3) is 5.72. The number of carbonyl (C=O) groups is 2. The Morgan fingerprint density at radius 3 is 2.18 bits per heavy atom. The van der Waals surface area contributed by atoms with E-state index in [0.29, 0.717) is 37.8 Å². The molecule has 0 spiro atoms. The Morgan fingerprint density at radius 1 is 1.09 bits per heavy atom. The first-order chi connectivity index (χ1) is 16.1. The van der Waals surface area contributed by atoms with Crippen LogP contribution in [0.25, 0.3) is 0 Å². The quantitative estimate of drug-likeness (QED) is 0.550. The molecule has 1 aliphatic rings. The molecule has 0 radical (unpaired) electrons. The van der Waals surface area contributed by atoms with Gasteiger partial charge in [-0.1, -0.05) is 42.5 Å². The maximum Gasteiger partial charge on any atom is 0.404 e. The Balaban J connectivity index is 1.73. The van der Waals surface area contributed by atoms with Crippen LogP contribution in [0, 0.1) is 0 Å². The number of nitrogens with zero attached hydrogens (tertiary/aromatic N) is 1. The van der Waals surface area contributed by atoms with Gasteiger partial charge < -0.3 is 15.4 Å². The average molecular weight is 477 g/mol. The zero-order valence-electron chi connectivity index (χ0n) is 19.5. The minimum Gasteiger partial charge on any atom is -0.449 e. The van der Waals surface area contributed by atoms with Crippen molar-refractivity contribution in [3.05, 3.63) is 71.3 Å². The van der Waals surface area contributed by atoms with Crippen LogP contribution in [0.2, 0.25) is 0 Å². The van der Waals surface area contributed by atoms with Crippen molar-refractivity contribution >= 4 is 12.0 Å². The number of nitrogens with two attached hydrogens (primary N) is 1. The molecule has 0 aliphatic heterocycles. The predicted octanol–water partition coefficient (Wildman–Crippen LogP) is 5.79. The molecule has 1 aliphatic carbocycles. The van der Waals surface area contributed by atoms with Crippen LogP contribution in [0.4, 0.5) is 18.0 Å². The van der Waals surface area contributed by atoms with Gasteiger partial charge in [0.05, 0.1) is 5.92 Å². The monoisotopic (exact) mass is 476 g/mol. The zero-order chi connectivity index (χ0) is 24.9. The SMILES string of the molecule is CCN(C(=O)c1ccc([C@@H](C)C(F)(F)F)cc1)[C@H]1CC[C@](COC(N)=O)(c2ccccc2)CC1. The molecule has 1 saturated carbocycles. The Kier molecular flexibility index (Phi) is 7.89. The van der Waals surface area contributed by atoms with E-state index in [1.165, 1.54) is 24.3 Å². The van der Waals surface area contributed by atoms with E-state index in [2.05, 4.69) is 0 Å². The third-order valence-electron chi connectivity index (χ3n) is 6.98. The van der Waals surface area contributed by atoms with E-state index in [4.69, 9.17) is 10.5 Å². The van der Waals surface area contributed by atoms with Crippen LogP contribution in [-0.2, 0) is 10.2 Å². The van der Waals surface area contributed by atoms with E-state index < -0.39 is 18.2 Å².